The minimum Gasteiger partial charge on any atom is -0.306 e. The number of aryl methyl sites for hydroxylation is 2. The molecule has 21 heavy (non-hydrogen) atoms. The van der Waals surface area contributed by atoms with Gasteiger partial charge in [0, 0.05) is 19.3 Å². The van der Waals surface area contributed by atoms with Gasteiger partial charge in [0.15, 0.2) is 0 Å². The molecule has 0 aliphatic rings. The van der Waals surface area contributed by atoms with E-state index in [0.717, 1.165) is 11.0 Å². The molecule has 0 saturated heterocycles. The Balaban J connectivity index is 1.78. The van der Waals surface area contributed by atoms with Crippen molar-refractivity contribution in [1.29, 1.82) is 0 Å². The molecule has 3 aromatic rings. The second kappa shape index (κ2) is 5.69. The second-order valence-electron chi connectivity index (χ2n) is 4.69. The summed E-state index contributed by atoms with van der Waals surface area (Å²) in [6.45, 7) is 1.05. The van der Waals surface area contributed by atoms with Gasteiger partial charge in [-0.05, 0) is 34.5 Å². The number of nitrogens with zero attached hydrogens (tertiary/aromatic N) is 3. The van der Waals surface area contributed by atoms with Crippen molar-refractivity contribution in [3.63, 3.8) is 0 Å². The number of fused-ring (bicyclic) bond motifs is 1. The molecule has 2 heterocycles. The van der Waals surface area contributed by atoms with Gasteiger partial charge in [-0.25, -0.2) is 9.78 Å². The zero-order valence-corrected chi connectivity index (χ0v) is 12.7. The molecule has 0 aliphatic carbocycles. The number of halogens is 1. The van der Waals surface area contributed by atoms with Gasteiger partial charge in [-0.1, -0.05) is 12.1 Å². The standard InChI is InChI=1S/C14H13BrN4O2/c15-10-8-16-9-18(13(10)20)6-3-7-19-12-5-2-1-4-11(12)17-14(19)21/h1-2,4-5,8-9H,3,6-7H2,(H,17,21). The average Bonchev–Trinajstić information content (AvgIpc) is 2.80. The smallest absolute Gasteiger partial charge is 0.306 e. The summed E-state index contributed by atoms with van der Waals surface area (Å²) in [6.07, 6.45) is 3.65. The summed E-state index contributed by atoms with van der Waals surface area (Å²) in [5, 5.41) is 0. The Bertz CT molecular complexity index is 894. The molecule has 0 unspecified atom stereocenters. The van der Waals surface area contributed by atoms with E-state index in [0.29, 0.717) is 24.0 Å². The van der Waals surface area contributed by atoms with Gasteiger partial charge in [-0.2, -0.15) is 0 Å². The van der Waals surface area contributed by atoms with Crippen molar-refractivity contribution >= 4 is 27.0 Å². The zero-order valence-electron chi connectivity index (χ0n) is 11.1. The quantitative estimate of drug-likeness (QED) is 0.780. The SMILES string of the molecule is O=c1c(Br)cncn1CCCn1c(=O)[nH]c2ccccc21. The van der Waals surface area contributed by atoms with Crippen molar-refractivity contribution < 1.29 is 0 Å². The van der Waals surface area contributed by atoms with Gasteiger partial charge in [0.2, 0.25) is 0 Å². The molecule has 1 N–H and O–H groups in total. The van der Waals surface area contributed by atoms with Crippen LogP contribution in [0.1, 0.15) is 6.42 Å². The normalized spacial score (nSPS) is 11.1. The fourth-order valence-electron chi connectivity index (χ4n) is 2.31. The Morgan fingerprint density at radius 1 is 1.19 bits per heavy atom. The number of hydrogen-bond acceptors (Lipinski definition) is 3. The molecule has 0 atom stereocenters. The molecule has 6 nitrogen and oxygen atoms in total. The first-order chi connectivity index (χ1) is 10.2. The van der Waals surface area contributed by atoms with Gasteiger partial charge in [0.1, 0.15) is 4.47 Å². The van der Waals surface area contributed by atoms with Crippen molar-refractivity contribution in [3.8, 4) is 0 Å². The first kappa shape index (κ1) is 13.8. The van der Waals surface area contributed by atoms with Crippen LogP contribution in [0.4, 0.5) is 0 Å². The molecular weight excluding hydrogens is 336 g/mol. The van der Waals surface area contributed by atoms with Crippen molar-refractivity contribution in [3.05, 3.63) is 62.1 Å². The van der Waals surface area contributed by atoms with Crippen molar-refractivity contribution in [1.82, 2.24) is 19.1 Å². The topological polar surface area (TPSA) is 72.7 Å². The molecule has 1 aromatic carbocycles. The summed E-state index contributed by atoms with van der Waals surface area (Å²) in [5.41, 5.74) is 1.46. The molecule has 0 fully saturated rings. The molecule has 108 valence electrons. The van der Waals surface area contributed by atoms with E-state index in [-0.39, 0.29) is 11.2 Å². The van der Waals surface area contributed by atoms with Crippen LogP contribution in [0, 0.1) is 0 Å². The van der Waals surface area contributed by atoms with Crippen molar-refractivity contribution in [2.45, 2.75) is 19.5 Å². The number of hydrogen-bond donors (Lipinski definition) is 1. The minimum atomic E-state index is -0.129. The number of para-hydroxylation sites is 2. The van der Waals surface area contributed by atoms with Gasteiger partial charge >= 0.3 is 5.69 Å². The number of imidazole rings is 1. The maximum atomic E-state index is 11.9. The molecule has 0 spiro atoms. The number of benzene rings is 1. The van der Waals surface area contributed by atoms with Crippen LogP contribution < -0.4 is 11.2 Å². The van der Waals surface area contributed by atoms with E-state index in [1.165, 1.54) is 17.1 Å². The van der Waals surface area contributed by atoms with E-state index in [1.54, 1.807) is 4.57 Å². The summed E-state index contributed by atoms with van der Waals surface area (Å²) < 4.78 is 3.66. The molecule has 0 amide bonds. The molecular formula is C14H13BrN4O2. The highest BCUT2D eigenvalue weighted by molar-refractivity contribution is 9.10. The van der Waals surface area contributed by atoms with Crippen LogP contribution in [0.2, 0.25) is 0 Å². The number of H-pyrrole nitrogens is 1. The lowest BCUT2D eigenvalue weighted by atomic mass is 10.3. The van der Waals surface area contributed by atoms with Gasteiger partial charge < -0.3 is 4.98 Å². The van der Waals surface area contributed by atoms with E-state index in [4.69, 9.17) is 0 Å². The summed E-state index contributed by atoms with van der Waals surface area (Å²) in [6, 6.07) is 7.56. The fourth-order valence-corrected chi connectivity index (χ4v) is 2.66. The molecule has 0 saturated carbocycles. The summed E-state index contributed by atoms with van der Waals surface area (Å²) in [5.74, 6) is 0. The maximum absolute atomic E-state index is 11.9. The summed E-state index contributed by atoms with van der Waals surface area (Å²) in [7, 11) is 0. The van der Waals surface area contributed by atoms with Crippen LogP contribution in [-0.4, -0.2) is 19.1 Å². The Labute approximate surface area is 128 Å². The Kier molecular flexibility index (Phi) is 3.74. The number of aromatic amines is 1. The maximum Gasteiger partial charge on any atom is 0.326 e. The lowest BCUT2D eigenvalue weighted by molar-refractivity contribution is 0.545. The first-order valence-electron chi connectivity index (χ1n) is 6.54. The predicted octanol–water partition coefficient (Wildman–Crippen LogP) is 1.74. The Morgan fingerprint density at radius 3 is 2.86 bits per heavy atom. The first-order valence-corrected chi connectivity index (χ1v) is 7.33. The molecule has 0 radical (unpaired) electrons. The third-order valence-electron chi connectivity index (χ3n) is 3.32. The number of nitrogens with one attached hydrogen (secondary N) is 1. The zero-order chi connectivity index (χ0) is 14.8. The molecule has 3 rings (SSSR count). The van der Waals surface area contributed by atoms with Gasteiger partial charge in [0.25, 0.3) is 5.56 Å². The van der Waals surface area contributed by atoms with E-state index in [2.05, 4.69) is 25.9 Å². The monoisotopic (exact) mass is 348 g/mol. The minimum absolute atomic E-state index is 0.115. The highest BCUT2D eigenvalue weighted by atomic mass is 79.9. The third-order valence-corrected chi connectivity index (χ3v) is 3.87. The van der Waals surface area contributed by atoms with Gasteiger partial charge in [-0.3, -0.25) is 13.9 Å². The largest absolute Gasteiger partial charge is 0.326 e. The van der Waals surface area contributed by atoms with Crippen molar-refractivity contribution in [2.75, 3.05) is 0 Å². The molecule has 2 aromatic heterocycles. The molecule has 0 bridgehead atoms. The number of rotatable bonds is 4. The van der Waals surface area contributed by atoms with Crippen LogP contribution >= 0.6 is 15.9 Å². The summed E-state index contributed by atoms with van der Waals surface area (Å²) >= 11 is 3.16. The van der Waals surface area contributed by atoms with Crippen molar-refractivity contribution in [2.24, 2.45) is 0 Å². The van der Waals surface area contributed by atoms with Crippen LogP contribution in [0.3, 0.4) is 0 Å². The van der Waals surface area contributed by atoms with Crippen LogP contribution in [0.5, 0.6) is 0 Å². The van der Waals surface area contributed by atoms with E-state index in [1.807, 2.05) is 24.3 Å². The van der Waals surface area contributed by atoms with Crippen LogP contribution in [-0.2, 0) is 13.1 Å². The Hall–Kier alpha value is -2.15. The predicted molar refractivity (Wildman–Crippen MR) is 83.4 cm³/mol. The van der Waals surface area contributed by atoms with Crippen LogP contribution in [0.25, 0.3) is 11.0 Å². The highest BCUT2D eigenvalue weighted by Gasteiger charge is 2.06. The molecule has 0 aliphatic heterocycles. The lowest BCUT2D eigenvalue weighted by Crippen LogP contribution is -2.23. The van der Waals surface area contributed by atoms with Crippen LogP contribution in [0.15, 0.2) is 50.9 Å². The van der Waals surface area contributed by atoms with E-state index >= 15 is 0 Å². The average molecular weight is 349 g/mol. The van der Waals surface area contributed by atoms with Gasteiger partial charge in [0.05, 0.1) is 17.4 Å². The fraction of sp³-hybridized carbons (Fsp3) is 0.214. The van der Waals surface area contributed by atoms with E-state index < -0.39 is 0 Å². The van der Waals surface area contributed by atoms with Gasteiger partial charge in [-0.15, -0.1) is 0 Å². The highest BCUT2D eigenvalue weighted by Crippen LogP contribution is 2.09. The lowest BCUT2D eigenvalue weighted by Gasteiger charge is -2.06. The second-order valence-corrected chi connectivity index (χ2v) is 5.55. The van der Waals surface area contributed by atoms with E-state index in [9.17, 15) is 9.59 Å². The Morgan fingerprint density at radius 2 is 2.00 bits per heavy atom. The third kappa shape index (κ3) is 2.69. The molecule has 7 heteroatoms. The summed E-state index contributed by atoms with van der Waals surface area (Å²) in [4.78, 5) is 30.5. The number of aromatic nitrogens is 4.